The second-order valence-electron chi connectivity index (χ2n) is 7.98. The molecule has 158 valence electrons. The van der Waals surface area contributed by atoms with Crippen molar-refractivity contribution in [3.63, 3.8) is 0 Å². The van der Waals surface area contributed by atoms with E-state index in [1.165, 1.54) is 6.20 Å². The van der Waals surface area contributed by atoms with Gasteiger partial charge in [-0.05, 0) is 36.6 Å². The first-order chi connectivity index (χ1) is 14.9. The van der Waals surface area contributed by atoms with E-state index in [1.54, 1.807) is 21.6 Å². The second-order valence-corrected chi connectivity index (χ2v) is 7.98. The van der Waals surface area contributed by atoms with Crippen molar-refractivity contribution < 1.29 is 13.6 Å². The van der Waals surface area contributed by atoms with Crippen molar-refractivity contribution in [3.05, 3.63) is 66.4 Å². The van der Waals surface area contributed by atoms with Crippen molar-refractivity contribution in [2.75, 3.05) is 5.32 Å². The maximum absolute atomic E-state index is 13.1. The molecule has 0 aliphatic heterocycles. The number of rotatable bonds is 5. The first-order valence-electron chi connectivity index (χ1n) is 10.00. The van der Waals surface area contributed by atoms with Gasteiger partial charge in [-0.2, -0.15) is 5.10 Å². The molecular weight excluding hydrogens is 402 g/mol. The van der Waals surface area contributed by atoms with Gasteiger partial charge in [0.05, 0.1) is 6.20 Å². The van der Waals surface area contributed by atoms with Crippen LogP contribution in [0.1, 0.15) is 28.9 Å². The Bertz CT molecular complexity index is 1270. The van der Waals surface area contributed by atoms with Crippen molar-refractivity contribution >= 4 is 17.2 Å². The van der Waals surface area contributed by atoms with Crippen molar-refractivity contribution in [1.82, 2.24) is 24.1 Å². The Hall–Kier alpha value is -3.62. The lowest BCUT2D eigenvalue weighted by Gasteiger charge is -2.34. The highest BCUT2D eigenvalue weighted by molar-refractivity contribution is 6.04. The molecule has 9 heteroatoms. The van der Waals surface area contributed by atoms with Crippen molar-refractivity contribution in [1.29, 1.82) is 0 Å². The minimum absolute atomic E-state index is 0.0807. The molecule has 1 fully saturated rings. The predicted molar refractivity (Wildman–Crippen MR) is 111 cm³/mol. The number of hydrogen-bond acceptors (Lipinski definition) is 4. The quantitative estimate of drug-likeness (QED) is 0.523. The van der Waals surface area contributed by atoms with Gasteiger partial charge in [0.25, 0.3) is 5.91 Å². The summed E-state index contributed by atoms with van der Waals surface area (Å²) in [6.45, 7) is 2.32. The van der Waals surface area contributed by atoms with Gasteiger partial charge in [0.15, 0.2) is 5.82 Å². The van der Waals surface area contributed by atoms with Gasteiger partial charge in [0.1, 0.15) is 17.7 Å². The van der Waals surface area contributed by atoms with Crippen LogP contribution in [0.4, 0.5) is 14.5 Å². The monoisotopic (exact) mass is 422 g/mol. The lowest BCUT2D eigenvalue weighted by Crippen LogP contribution is -2.37. The number of carbonyl (C=O) groups excluding carboxylic acids is 1. The summed E-state index contributed by atoms with van der Waals surface area (Å²) in [5, 5.41) is 7.36. The summed E-state index contributed by atoms with van der Waals surface area (Å²) in [5.74, 6) is -2.42. The minimum atomic E-state index is -2.54. The van der Waals surface area contributed by atoms with Crippen LogP contribution in [-0.4, -0.2) is 36.0 Å². The highest BCUT2D eigenvalue weighted by Gasteiger charge is 2.45. The zero-order valence-corrected chi connectivity index (χ0v) is 16.8. The molecule has 0 saturated heterocycles. The maximum atomic E-state index is 13.1. The summed E-state index contributed by atoms with van der Waals surface area (Å²) in [4.78, 5) is 21.4. The van der Waals surface area contributed by atoms with Gasteiger partial charge in [-0.15, -0.1) is 0 Å². The molecule has 1 amide bonds. The van der Waals surface area contributed by atoms with Gasteiger partial charge in [-0.25, -0.2) is 18.7 Å². The van der Waals surface area contributed by atoms with Crippen molar-refractivity contribution in [3.8, 4) is 11.4 Å². The fourth-order valence-corrected chi connectivity index (χ4v) is 3.88. The van der Waals surface area contributed by atoms with E-state index >= 15 is 0 Å². The minimum Gasteiger partial charge on any atom is -0.320 e. The summed E-state index contributed by atoms with van der Waals surface area (Å²) in [6.07, 6.45) is 4.67. The van der Waals surface area contributed by atoms with Crippen LogP contribution in [0.15, 0.2) is 55.1 Å². The average Bonchev–Trinajstić information content (AvgIpc) is 3.35. The molecule has 1 N–H and O–H groups in total. The van der Waals surface area contributed by atoms with E-state index in [9.17, 15) is 13.6 Å². The molecule has 0 atom stereocenters. The van der Waals surface area contributed by atoms with Crippen LogP contribution in [0.5, 0.6) is 0 Å². The average molecular weight is 422 g/mol. The Morgan fingerprint density at radius 1 is 1.23 bits per heavy atom. The van der Waals surface area contributed by atoms with Crippen LogP contribution in [0.2, 0.25) is 0 Å². The van der Waals surface area contributed by atoms with Crippen LogP contribution in [0.25, 0.3) is 17.0 Å². The van der Waals surface area contributed by atoms with E-state index in [0.717, 1.165) is 11.1 Å². The molecule has 7 nitrogen and oxygen atoms in total. The number of hydrogen-bond donors (Lipinski definition) is 1. The van der Waals surface area contributed by atoms with Gasteiger partial charge >= 0.3 is 0 Å². The summed E-state index contributed by atoms with van der Waals surface area (Å²) in [7, 11) is 0. The Balaban J connectivity index is 1.34. The van der Waals surface area contributed by atoms with Crippen molar-refractivity contribution in [2.45, 2.75) is 32.2 Å². The van der Waals surface area contributed by atoms with Gasteiger partial charge in [0.2, 0.25) is 5.92 Å². The number of aryl methyl sites for hydroxylation is 1. The normalized spacial score (nSPS) is 15.7. The van der Waals surface area contributed by atoms with E-state index < -0.39 is 5.92 Å². The molecule has 5 rings (SSSR count). The molecule has 31 heavy (non-hydrogen) atoms. The molecular formula is C22H20F2N6O. The molecule has 0 spiro atoms. The summed E-state index contributed by atoms with van der Waals surface area (Å²) in [5.41, 5.74) is 3.39. The van der Waals surface area contributed by atoms with E-state index in [0.29, 0.717) is 29.4 Å². The topological polar surface area (TPSA) is 77.1 Å². The van der Waals surface area contributed by atoms with Gasteiger partial charge < -0.3 is 5.32 Å². The predicted octanol–water partition coefficient (Wildman–Crippen LogP) is 4.20. The van der Waals surface area contributed by atoms with E-state index in [1.807, 2.05) is 43.3 Å². The number of benzene rings is 1. The smallest absolute Gasteiger partial charge is 0.274 e. The zero-order valence-electron chi connectivity index (χ0n) is 16.8. The molecule has 1 aliphatic carbocycles. The summed E-state index contributed by atoms with van der Waals surface area (Å²) < 4.78 is 29.4. The highest BCUT2D eigenvalue weighted by atomic mass is 19.3. The Morgan fingerprint density at radius 3 is 2.87 bits per heavy atom. The molecule has 3 heterocycles. The molecule has 1 aromatic carbocycles. The molecule has 3 aromatic heterocycles. The van der Waals surface area contributed by atoms with Gasteiger partial charge in [0, 0.05) is 36.8 Å². The number of anilines is 1. The third-order valence-corrected chi connectivity index (χ3v) is 5.55. The third-order valence-electron chi connectivity index (χ3n) is 5.55. The number of pyridine rings is 1. The number of nitrogens with zero attached hydrogens (tertiary/aromatic N) is 5. The van der Waals surface area contributed by atoms with Crippen LogP contribution in [-0.2, 0) is 6.54 Å². The standard InChI is InChI=1S/C22H20F2N6O/c1-14-5-6-16(20-26-13-29(28-20)12-15-9-22(23,24)10-15)8-17(14)27-21(31)18-11-25-19-4-2-3-7-30(18)19/h2-8,11,13,15H,9-10,12H2,1H3,(H,27,31). The molecule has 4 aromatic rings. The molecule has 1 aliphatic rings. The number of nitrogens with one attached hydrogen (secondary N) is 1. The van der Waals surface area contributed by atoms with Crippen LogP contribution in [0, 0.1) is 12.8 Å². The number of halogens is 2. The lowest BCUT2D eigenvalue weighted by molar-refractivity contribution is -0.114. The fraction of sp³-hybridized carbons (Fsp3) is 0.273. The van der Waals surface area contributed by atoms with Crippen molar-refractivity contribution in [2.24, 2.45) is 5.92 Å². The maximum Gasteiger partial charge on any atom is 0.274 e. The SMILES string of the molecule is Cc1ccc(-c2ncn(CC3CC(F)(F)C3)n2)cc1NC(=O)c1cnc2ccccn12. The highest BCUT2D eigenvalue weighted by Crippen LogP contribution is 2.43. The fourth-order valence-electron chi connectivity index (χ4n) is 3.88. The van der Waals surface area contributed by atoms with E-state index in [-0.39, 0.29) is 24.7 Å². The zero-order chi connectivity index (χ0) is 21.6. The number of fused-ring (bicyclic) bond motifs is 1. The summed E-state index contributed by atoms with van der Waals surface area (Å²) in [6, 6.07) is 11.1. The van der Waals surface area contributed by atoms with Crippen LogP contribution in [0.3, 0.4) is 0 Å². The van der Waals surface area contributed by atoms with Crippen LogP contribution >= 0.6 is 0 Å². The third kappa shape index (κ3) is 3.78. The largest absolute Gasteiger partial charge is 0.320 e. The Kier molecular flexibility index (Phi) is 4.53. The molecule has 1 saturated carbocycles. The van der Waals surface area contributed by atoms with Gasteiger partial charge in [-0.1, -0.05) is 18.2 Å². The number of amides is 1. The summed E-state index contributed by atoms with van der Waals surface area (Å²) >= 11 is 0. The number of imidazole rings is 1. The molecule has 0 bridgehead atoms. The first-order valence-corrected chi connectivity index (χ1v) is 10.00. The van der Waals surface area contributed by atoms with E-state index in [2.05, 4.69) is 20.4 Å². The number of alkyl halides is 2. The lowest BCUT2D eigenvalue weighted by atomic mass is 9.81. The number of carbonyl (C=O) groups is 1. The van der Waals surface area contributed by atoms with E-state index in [4.69, 9.17) is 0 Å². The molecule has 0 unspecified atom stereocenters. The Morgan fingerprint density at radius 2 is 2.06 bits per heavy atom. The first kappa shape index (κ1) is 19.3. The molecule has 0 radical (unpaired) electrons. The van der Waals surface area contributed by atoms with Gasteiger partial charge in [-0.3, -0.25) is 13.9 Å². The van der Waals surface area contributed by atoms with Crippen LogP contribution < -0.4 is 5.32 Å². The second kappa shape index (κ2) is 7.26. The number of aromatic nitrogens is 5. The Labute approximate surface area is 176 Å².